The van der Waals surface area contributed by atoms with E-state index in [2.05, 4.69) is 0 Å². The Morgan fingerprint density at radius 1 is 1.33 bits per heavy atom. The van der Waals surface area contributed by atoms with E-state index >= 15 is 0 Å². The molecule has 1 fully saturated rings. The molecule has 1 aromatic rings. The molecule has 18 heavy (non-hydrogen) atoms. The van der Waals surface area contributed by atoms with Crippen LogP contribution in [0.15, 0.2) is 29.2 Å². The zero-order valence-corrected chi connectivity index (χ0v) is 11.0. The van der Waals surface area contributed by atoms with Crippen LogP contribution in [0.25, 0.3) is 0 Å². The van der Waals surface area contributed by atoms with Crippen molar-refractivity contribution in [3.8, 4) is 0 Å². The molecule has 0 aliphatic heterocycles. The number of sulfone groups is 1. The minimum atomic E-state index is -3.39. The Bertz CT molecular complexity index is 515. The Kier molecular flexibility index (Phi) is 4.02. The molecule has 5 heteroatoms. The first-order valence-corrected chi connectivity index (χ1v) is 7.88. The molecule has 2 rings (SSSR count). The number of rotatable bonds is 4. The van der Waals surface area contributed by atoms with Crippen LogP contribution in [0.3, 0.4) is 0 Å². The number of nitrogens with two attached hydrogens (primary N) is 1. The van der Waals surface area contributed by atoms with Gasteiger partial charge in [0.2, 0.25) is 0 Å². The summed E-state index contributed by atoms with van der Waals surface area (Å²) in [7, 11) is -3.39. The fourth-order valence-electron chi connectivity index (χ4n) is 2.51. The average Bonchev–Trinajstić information content (AvgIpc) is 2.72. The van der Waals surface area contributed by atoms with Gasteiger partial charge < -0.3 is 5.73 Å². The van der Waals surface area contributed by atoms with Crippen LogP contribution in [-0.2, 0) is 9.84 Å². The molecule has 1 aliphatic carbocycles. The van der Waals surface area contributed by atoms with Gasteiger partial charge in [0.15, 0.2) is 9.84 Å². The number of halogens is 1. The van der Waals surface area contributed by atoms with Crippen molar-refractivity contribution >= 4 is 9.84 Å². The van der Waals surface area contributed by atoms with E-state index in [9.17, 15) is 12.8 Å². The van der Waals surface area contributed by atoms with Crippen molar-refractivity contribution in [2.45, 2.75) is 36.6 Å². The molecule has 2 atom stereocenters. The van der Waals surface area contributed by atoms with Gasteiger partial charge in [-0.15, -0.1) is 0 Å². The number of hydrogen-bond acceptors (Lipinski definition) is 3. The first kappa shape index (κ1) is 13.5. The Hall–Kier alpha value is -0.940. The van der Waals surface area contributed by atoms with Crippen molar-refractivity contribution in [2.75, 3.05) is 5.75 Å². The van der Waals surface area contributed by atoms with E-state index in [1.54, 1.807) is 0 Å². The lowest BCUT2D eigenvalue weighted by molar-refractivity contribution is 0.464. The highest BCUT2D eigenvalue weighted by Gasteiger charge is 2.26. The fraction of sp³-hybridized carbons (Fsp3) is 0.538. The lowest BCUT2D eigenvalue weighted by Crippen LogP contribution is -2.26. The van der Waals surface area contributed by atoms with E-state index in [4.69, 9.17) is 5.73 Å². The highest BCUT2D eigenvalue weighted by atomic mass is 32.2. The number of benzene rings is 1. The van der Waals surface area contributed by atoms with Gasteiger partial charge in [-0.05, 0) is 43.4 Å². The SMILES string of the molecule is NC1CCCC1CCS(=O)(=O)c1cccc(F)c1. The Morgan fingerprint density at radius 2 is 2.11 bits per heavy atom. The molecule has 0 heterocycles. The molecule has 2 unspecified atom stereocenters. The van der Waals surface area contributed by atoms with Crippen LogP contribution in [-0.4, -0.2) is 20.2 Å². The van der Waals surface area contributed by atoms with Gasteiger partial charge in [-0.2, -0.15) is 0 Å². The van der Waals surface area contributed by atoms with Crippen molar-refractivity contribution in [2.24, 2.45) is 11.7 Å². The maximum atomic E-state index is 13.0. The summed E-state index contributed by atoms with van der Waals surface area (Å²) in [6, 6.07) is 5.29. The predicted molar refractivity (Wildman–Crippen MR) is 68.4 cm³/mol. The highest BCUT2D eigenvalue weighted by Crippen LogP contribution is 2.28. The van der Waals surface area contributed by atoms with Crippen LogP contribution >= 0.6 is 0 Å². The molecule has 0 amide bonds. The summed E-state index contributed by atoms with van der Waals surface area (Å²) in [6.45, 7) is 0. The molecule has 1 aliphatic rings. The van der Waals surface area contributed by atoms with Gasteiger partial charge in [-0.1, -0.05) is 12.5 Å². The first-order chi connectivity index (χ1) is 8.49. The van der Waals surface area contributed by atoms with E-state index in [1.165, 1.54) is 18.2 Å². The summed E-state index contributed by atoms with van der Waals surface area (Å²) in [6.07, 6.45) is 3.62. The molecule has 100 valence electrons. The lowest BCUT2D eigenvalue weighted by atomic mass is 10.0. The van der Waals surface area contributed by atoms with Crippen LogP contribution in [0.5, 0.6) is 0 Å². The summed E-state index contributed by atoms with van der Waals surface area (Å²) in [5.74, 6) is -0.184. The molecule has 0 bridgehead atoms. The maximum Gasteiger partial charge on any atom is 0.178 e. The van der Waals surface area contributed by atoms with Crippen LogP contribution in [0.4, 0.5) is 4.39 Å². The molecule has 0 saturated heterocycles. The predicted octanol–water partition coefficient (Wildman–Crippen LogP) is 2.12. The van der Waals surface area contributed by atoms with Crippen molar-refractivity contribution in [1.29, 1.82) is 0 Å². The third-order valence-electron chi connectivity index (χ3n) is 3.63. The van der Waals surface area contributed by atoms with E-state index in [1.807, 2.05) is 0 Å². The van der Waals surface area contributed by atoms with Gasteiger partial charge in [0.25, 0.3) is 0 Å². The lowest BCUT2D eigenvalue weighted by Gasteiger charge is -2.14. The van der Waals surface area contributed by atoms with Crippen LogP contribution < -0.4 is 5.73 Å². The summed E-state index contributed by atoms with van der Waals surface area (Å²) in [5.41, 5.74) is 5.92. The quantitative estimate of drug-likeness (QED) is 0.912. The third kappa shape index (κ3) is 3.09. The Balaban J connectivity index is 2.03. The molecule has 0 aromatic heterocycles. The van der Waals surface area contributed by atoms with Gasteiger partial charge in [-0.3, -0.25) is 0 Å². The maximum absolute atomic E-state index is 13.0. The zero-order valence-electron chi connectivity index (χ0n) is 10.2. The Morgan fingerprint density at radius 3 is 2.72 bits per heavy atom. The average molecular weight is 271 g/mol. The molecule has 1 saturated carbocycles. The molecule has 2 N–H and O–H groups in total. The molecule has 0 radical (unpaired) electrons. The van der Waals surface area contributed by atoms with E-state index < -0.39 is 15.7 Å². The molecule has 3 nitrogen and oxygen atoms in total. The minimum absolute atomic E-state index is 0.0504. The number of hydrogen-bond donors (Lipinski definition) is 1. The second-order valence-corrected chi connectivity index (χ2v) is 7.03. The standard InChI is InChI=1S/C13H18FNO2S/c14-11-4-2-5-12(9-11)18(16,17)8-7-10-3-1-6-13(10)15/h2,4-5,9-10,13H,1,3,6-8,15H2. The molecular formula is C13H18FNO2S. The van der Waals surface area contributed by atoms with E-state index in [-0.39, 0.29) is 22.6 Å². The molecule has 1 aromatic carbocycles. The summed E-state index contributed by atoms with van der Waals surface area (Å²) in [5, 5.41) is 0. The fourth-order valence-corrected chi connectivity index (χ4v) is 3.94. The third-order valence-corrected chi connectivity index (χ3v) is 5.38. The van der Waals surface area contributed by atoms with Gasteiger partial charge in [0.05, 0.1) is 10.6 Å². The molecular weight excluding hydrogens is 253 g/mol. The smallest absolute Gasteiger partial charge is 0.178 e. The summed E-state index contributed by atoms with van der Waals surface area (Å²) < 4.78 is 37.1. The van der Waals surface area contributed by atoms with Crippen molar-refractivity contribution < 1.29 is 12.8 Å². The summed E-state index contributed by atoms with van der Waals surface area (Å²) >= 11 is 0. The van der Waals surface area contributed by atoms with Gasteiger partial charge in [0.1, 0.15) is 5.82 Å². The van der Waals surface area contributed by atoms with Crippen LogP contribution in [0.1, 0.15) is 25.7 Å². The van der Waals surface area contributed by atoms with Crippen molar-refractivity contribution in [3.63, 3.8) is 0 Å². The Labute approximate surface area is 107 Å². The second kappa shape index (κ2) is 5.36. The first-order valence-electron chi connectivity index (χ1n) is 6.23. The van der Waals surface area contributed by atoms with Crippen LogP contribution in [0.2, 0.25) is 0 Å². The van der Waals surface area contributed by atoms with E-state index in [0.29, 0.717) is 6.42 Å². The second-order valence-electron chi connectivity index (χ2n) is 4.92. The van der Waals surface area contributed by atoms with Gasteiger partial charge >= 0.3 is 0 Å². The summed E-state index contributed by atoms with van der Waals surface area (Å²) in [4.78, 5) is 0.0640. The van der Waals surface area contributed by atoms with Crippen LogP contribution in [0, 0.1) is 11.7 Å². The topological polar surface area (TPSA) is 60.2 Å². The van der Waals surface area contributed by atoms with Gasteiger partial charge in [0, 0.05) is 6.04 Å². The van der Waals surface area contributed by atoms with Gasteiger partial charge in [-0.25, -0.2) is 12.8 Å². The van der Waals surface area contributed by atoms with Crippen molar-refractivity contribution in [1.82, 2.24) is 0 Å². The molecule has 0 spiro atoms. The van der Waals surface area contributed by atoms with E-state index in [0.717, 1.165) is 25.3 Å². The highest BCUT2D eigenvalue weighted by molar-refractivity contribution is 7.91. The largest absolute Gasteiger partial charge is 0.327 e. The normalized spacial score (nSPS) is 24.3. The van der Waals surface area contributed by atoms with Crippen molar-refractivity contribution in [3.05, 3.63) is 30.1 Å². The monoisotopic (exact) mass is 271 g/mol. The zero-order chi connectivity index (χ0) is 13.2. The minimum Gasteiger partial charge on any atom is -0.327 e.